The van der Waals surface area contributed by atoms with E-state index in [4.69, 9.17) is 0 Å². The molecule has 112 valence electrons. The Hall–Kier alpha value is -2.28. The van der Waals surface area contributed by atoms with Crippen LogP contribution in [0.1, 0.15) is 13.8 Å². The van der Waals surface area contributed by atoms with Crippen LogP contribution in [0.5, 0.6) is 0 Å². The number of fused-ring (bicyclic) bond motifs is 1. The van der Waals surface area contributed by atoms with Crippen molar-refractivity contribution >= 4 is 22.4 Å². The first-order chi connectivity index (χ1) is 9.81. The van der Waals surface area contributed by atoms with Gasteiger partial charge in [0.1, 0.15) is 12.1 Å². The molecule has 0 saturated carbocycles. The van der Waals surface area contributed by atoms with Gasteiger partial charge in [-0.25, -0.2) is 9.97 Å². The molecule has 7 nitrogen and oxygen atoms in total. The third-order valence-electron chi connectivity index (χ3n) is 3.73. The number of anilines is 1. The van der Waals surface area contributed by atoms with Crippen molar-refractivity contribution in [2.24, 2.45) is 0 Å². The first-order valence-corrected chi connectivity index (χ1v) is 6.62. The molecule has 2 aromatic rings. The van der Waals surface area contributed by atoms with Crippen LogP contribution in [0, 0.1) is 10.1 Å². The average molecular weight is 289 g/mol. The molecule has 0 unspecified atom stereocenters. The van der Waals surface area contributed by atoms with Gasteiger partial charge in [0.05, 0.1) is 10.4 Å². The van der Waals surface area contributed by atoms with E-state index in [0.29, 0.717) is 23.3 Å². The quantitative estimate of drug-likeness (QED) is 0.671. The van der Waals surface area contributed by atoms with Gasteiger partial charge in [-0.2, -0.15) is 0 Å². The number of nitrogens with zero attached hydrogens (tertiary/aromatic N) is 4. The smallest absolute Gasteiger partial charge is 0.270 e. The number of nitro groups is 1. The fourth-order valence-corrected chi connectivity index (χ4v) is 1.76. The first-order valence-electron chi connectivity index (χ1n) is 6.62. The van der Waals surface area contributed by atoms with Crippen LogP contribution in [-0.2, 0) is 0 Å². The Morgan fingerprint density at radius 2 is 2.05 bits per heavy atom. The highest BCUT2D eigenvalue weighted by Crippen LogP contribution is 2.24. The molecule has 0 spiro atoms. The highest BCUT2D eigenvalue weighted by atomic mass is 16.6. The van der Waals surface area contributed by atoms with E-state index in [1.807, 2.05) is 14.1 Å². The van der Waals surface area contributed by atoms with Crippen LogP contribution in [-0.4, -0.2) is 46.0 Å². The number of benzene rings is 1. The van der Waals surface area contributed by atoms with Gasteiger partial charge in [-0.15, -0.1) is 0 Å². The predicted octanol–water partition coefficient (Wildman–Crippen LogP) is 2.29. The molecule has 0 amide bonds. The largest absolute Gasteiger partial charge is 0.368 e. The number of likely N-dealkylation sites (N-methyl/N-ethyl adjacent to an activating group) is 1. The summed E-state index contributed by atoms with van der Waals surface area (Å²) in [7, 11) is 4.01. The Kier molecular flexibility index (Phi) is 4.04. The highest BCUT2D eigenvalue weighted by molar-refractivity contribution is 5.90. The number of hydrogen-bond donors (Lipinski definition) is 1. The molecule has 21 heavy (non-hydrogen) atoms. The number of hydrogen-bond acceptors (Lipinski definition) is 6. The van der Waals surface area contributed by atoms with E-state index in [2.05, 4.69) is 34.0 Å². The summed E-state index contributed by atoms with van der Waals surface area (Å²) >= 11 is 0. The van der Waals surface area contributed by atoms with Crippen LogP contribution in [0.2, 0.25) is 0 Å². The number of rotatable bonds is 5. The fourth-order valence-electron chi connectivity index (χ4n) is 1.76. The molecule has 7 heteroatoms. The van der Waals surface area contributed by atoms with Crippen LogP contribution in [0.15, 0.2) is 24.5 Å². The molecule has 0 aliphatic heterocycles. The van der Waals surface area contributed by atoms with Gasteiger partial charge in [-0.3, -0.25) is 10.1 Å². The van der Waals surface area contributed by atoms with Gasteiger partial charge in [-0.05, 0) is 34.0 Å². The standard InChI is InChI=1S/C14H19N5O2/c1-14(2,18(3)4)8-15-13-11-7-10(19(20)21)5-6-12(11)16-9-17-13/h5-7,9H,8H2,1-4H3,(H,15,16,17). The molecule has 0 atom stereocenters. The van der Waals surface area contributed by atoms with E-state index in [1.54, 1.807) is 6.07 Å². The van der Waals surface area contributed by atoms with Crippen LogP contribution in [0.3, 0.4) is 0 Å². The van der Waals surface area contributed by atoms with Gasteiger partial charge < -0.3 is 10.2 Å². The van der Waals surface area contributed by atoms with E-state index >= 15 is 0 Å². The van der Waals surface area contributed by atoms with Gasteiger partial charge in [0, 0.05) is 29.6 Å². The highest BCUT2D eigenvalue weighted by Gasteiger charge is 2.21. The number of nitrogens with one attached hydrogen (secondary N) is 1. The fraction of sp³-hybridized carbons (Fsp3) is 0.429. The zero-order chi connectivity index (χ0) is 15.6. The zero-order valence-electron chi connectivity index (χ0n) is 12.6. The molecule has 1 heterocycles. The van der Waals surface area contributed by atoms with Crippen LogP contribution >= 0.6 is 0 Å². The van der Waals surface area contributed by atoms with Gasteiger partial charge in [0.25, 0.3) is 5.69 Å². The van der Waals surface area contributed by atoms with Crippen molar-refractivity contribution in [3.63, 3.8) is 0 Å². The van der Waals surface area contributed by atoms with Gasteiger partial charge in [-0.1, -0.05) is 0 Å². The Bertz CT molecular complexity index is 669. The normalized spacial score (nSPS) is 11.9. The molecule has 0 aliphatic carbocycles. The summed E-state index contributed by atoms with van der Waals surface area (Å²) in [5.41, 5.74) is 0.644. The number of nitro benzene ring substituents is 1. The Balaban J connectivity index is 2.35. The van der Waals surface area contributed by atoms with E-state index in [1.165, 1.54) is 18.5 Å². The van der Waals surface area contributed by atoms with E-state index in [9.17, 15) is 10.1 Å². The van der Waals surface area contributed by atoms with Gasteiger partial charge >= 0.3 is 0 Å². The van der Waals surface area contributed by atoms with E-state index in [-0.39, 0.29) is 11.2 Å². The molecular formula is C14H19N5O2. The Labute approximate surface area is 123 Å². The molecule has 0 saturated heterocycles. The van der Waals surface area contributed by atoms with Gasteiger partial charge in [0.2, 0.25) is 0 Å². The molecule has 2 rings (SSSR count). The van der Waals surface area contributed by atoms with Crippen molar-refractivity contribution in [3.8, 4) is 0 Å². The summed E-state index contributed by atoms with van der Waals surface area (Å²) < 4.78 is 0. The maximum atomic E-state index is 10.9. The molecule has 0 fully saturated rings. The van der Waals surface area contributed by atoms with Crippen LogP contribution in [0.4, 0.5) is 11.5 Å². The SMILES string of the molecule is CN(C)C(C)(C)CNc1ncnc2ccc([N+](=O)[O-])cc12. The molecule has 0 radical (unpaired) electrons. The van der Waals surface area contributed by atoms with Crippen molar-refractivity contribution in [2.75, 3.05) is 26.0 Å². The lowest BCUT2D eigenvalue weighted by molar-refractivity contribution is -0.384. The first kappa shape index (κ1) is 15.1. The minimum atomic E-state index is -0.417. The van der Waals surface area contributed by atoms with E-state index < -0.39 is 4.92 Å². The summed E-state index contributed by atoms with van der Waals surface area (Å²) in [6, 6.07) is 4.58. The Morgan fingerprint density at radius 1 is 1.33 bits per heavy atom. The molecule has 0 bridgehead atoms. The summed E-state index contributed by atoms with van der Waals surface area (Å²) in [6.07, 6.45) is 1.46. The van der Waals surface area contributed by atoms with Crippen molar-refractivity contribution in [2.45, 2.75) is 19.4 Å². The minimum absolute atomic E-state index is 0.0345. The van der Waals surface area contributed by atoms with Crippen molar-refractivity contribution in [3.05, 3.63) is 34.6 Å². The lowest BCUT2D eigenvalue weighted by Crippen LogP contribution is -2.44. The second-order valence-electron chi connectivity index (χ2n) is 5.74. The van der Waals surface area contributed by atoms with Crippen LogP contribution < -0.4 is 5.32 Å². The summed E-state index contributed by atoms with van der Waals surface area (Å²) in [5.74, 6) is 0.610. The van der Waals surface area contributed by atoms with Crippen LogP contribution in [0.25, 0.3) is 10.9 Å². The zero-order valence-corrected chi connectivity index (χ0v) is 12.6. The Morgan fingerprint density at radius 3 is 2.67 bits per heavy atom. The van der Waals surface area contributed by atoms with Gasteiger partial charge in [0.15, 0.2) is 0 Å². The molecule has 1 aromatic carbocycles. The molecule has 1 N–H and O–H groups in total. The molecular weight excluding hydrogens is 270 g/mol. The maximum Gasteiger partial charge on any atom is 0.270 e. The second-order valence-corrected chi connectivity index (χ2v) is 5.74. The molecule has 0 aliphatic rings. The predicted molar refractivity (Wildman–Crippen MR) is 82.4 cm³/mol. The topological polar surface area (TPSA) is 84.2 Å². The third-order valence-corrected chi connectivity index (χ3v) is 3.73. The monoisotopic (exact) mass is 289 g/mol. The average Bonchev–Trinajstić information content (AvgIpc) is 2.44. The number of non-ortho nitro benzene ring substituents is 1. The van der Waals surface area contributed by atoms with E-state index in [0.717, 1.165) is 0 Å². The second kappa shape index (κ2) is 5.61. The summed E-state index contributed by atoms with van der Waals surface area (Å²) in [4.78, 5) is 20.9. The van der Waals surface area contributed by atoms with Crippen molar-refractivity contribution < 1.29 is 4.92 Å². The summed E-state index contributed by atoms with van der Waals surface area (Å²) in [5, 5.41) is 14.8. The number of aromatic nitrogens is 2. The lowest BCUT2D eigenvalue weighted by Gasteiger charge is -2.32. The van der Waals surface area contributed by atoms with Crippen molar-refractivity contribution in [1.29, 1.82) is 0 Å². The lowest BCUT2D eigenvalue weighted by atomic mass is 10.0. The van der Waals surface area contributed by atoms with Crippen molar-refractivity contribution in [1.82, 2.24) is 14.9 Å². The minimum Gasteiger partial charge on any atom is -0.368 e. The molecule has 1 aromatic heterocycles. The summed E-state index contributed by atoms with van der Waals surface area (Å²) in [6.45, 7) is 4.87. The maximum absolute atomic E-state index is 10.9. The third kappa shape index (κ3) is 3.25.